The molecule has 0 fully saturated rings. The maximum atomic E-state index is 12.0. The molecule has 0 saturated carbocycles. The SMILES string of the molecule is CC(CCC(=O)O)NC(=O)CC(C)c1ccc(C(C)C)cc1. The monoisotopic (exact) mass is 305 g/mol. The fourth-order valence-corrected chi connectivity index (χ4v) is 2.35. The average molecular weight is 305 g/mol. The van der Waals surface area contributed by atoms with Crippen LogP contribution in [-0.4, -0.2) is 23.0 Å². The van der Waals surface area contributed by atoms with E-state index in [0.29, 0.717) is 18.8 Å². The number of benzene rings is 1. The third-order valence-corrected chi connectivity index (χ3v) is 3.86. The van der Waals surface area contributed by atoms with Crippen LogP contribution in [0.5, 0.6) is 0 Å². The van der Waals surface area contributed by atoms with Gasteiger partial charge in [0.05, 0.1) is 0 Å². The lowest BCUT2D eigenvalue weighted by atomic mass is 9.94. The van der Waals surface area contributed by atoms with Crippen molar-refractivity contribution in [2.75, 3.05) is 0 Å². The Morgan fingerprint density at radius 3 is 2.09 bits per heavy atom. The lowest BCUT2D eigenvalue weighted by Gasteiger charge is -2.16. The molecule has 2 atom stereocenters. The van der Waals surface area contributed by atoms with Crippen molar-refractivity contribution in [3.05, 3.63) is 35.4 Å². The van der Waals surface area contributed by atoms with Gasteiger partial charge in [0.25, 0.3) is 0 Å². The highest BCUT2D eigenvalue weighted by molar-refractivity contribution is 5.77. The van der Waals surface area contributed by atoms with Crippen molar-refractivity contribution in [3.8, 4) is 0 Å². The number of carbonyl (C=O) groups excluding carboxylic acids is 1. The summed E-state index contributed by atoms with van der Waals surface area (Å²) in [5.74, 6) is -0.214. The Balaban J connectivity index is 2.47. The van der Waals surface area contributed by atoms with Gasteiger partial charge in [-0.1, -0.05) is 45.0 Å². The second-order valence-electron chi connectivity index (χ2n) is 6.33. The zero-order valence-electron chi connectivity index (χ0n) is 13.9. The van der Waals surface area contributed by atoms with Gasteiger partial charge in [-0.15, -0.1) is 0 Å². The zero-order chi connectivity index (χ0) is 16.7. The smallest absolute Gasteiger partial charge is 0.303 e. The molecule has 2 unspecified atom stereocenters. The van der Waals surface area contributed by atoms with Gasteiger partial charge in [0.2, 0.25) is 5.91 Å². The molecule has 122 valence electrons. The minimum Gasteiger partial charge on any atom is -0.481 e. The fraction of sp³-hybridized carbons (Fsp3) is 0.556. The molecular formula is C18H27NO3. The lowest BCUT2D eigenvalue weighted by Crippen LogP contribution is -2.33. The molecule has 2 N–H and O–H groups in total. The van der Waals surface area contributed by atoms with Crippen LogP contribution in [0.4, 0.5) is 0 Å². The Bertz CT molecular complexity index is 494. The molecule has 0 bridgehead atoms. The normalized spacial score (nSPS) is 13.7. The first-order chi connectivity index (χ1) is 10.3. The van der Waals surface area contributed by atoms with Crippen LogP contribution in [-0.2, 0) is 9.59 Å². The molecule has 1 amide bonds. The summed E-state index contributed by atoms with van der Waals surface area (Å²) >= 11 is 0. The summed E-state index contributed by atoms with van der Waals surface area (Å²) in [7, 11) is 0. The molecule has 22 heavy (non-hydrogen) atoms. The average Bonchev–Trinajstić information content (AvgIpc) is 2.45. The second kappa shape index (κ2) is 8.57. The van der Waals surface area contributed by atoms with Crippen LogP contribution < -0.4 is 5.32 Å². The van der Waals surface area contributed by atoms with Gasteiger partial charge in [-0.05, 0) is 36.3 Å². The van der Waals surface area contributed by atoms with Gasteiger partial charge in [-0.2, -0.15) is 0 Å². The van der Waals surface area contributed by atoms with Crippen LogP contribution in [0.3, 0.4) is 0 Å². The summed E-state index contributed by atoms with van der Waals surface area (Å²) in [6, 6.07) is 8.29. The molecular weight excluding hydrogens is 278 g/mol. The van der Waals surface area contributed by atoms with Gasteiger partial charge in [-0.25, -0.2) is 0 Å². The molecule has 0 saturated heterocycles. The van der Waals surface area contributed by atoms with Crippen molar-refractivity contribution in [3.63, 3.8) is 0 Å². The summed E-state index contributed by atoms with van der Waals surface area (Å²) in [5, 5.41) is 11.5. The number of rotatable bonds is 8. The Morgan fingerprint density at radius 2 is 1.59 bits per heavy atom. The second-order valence-corrected chi connectivity index (χ2v) is 6.33. The largest absolute Gasteiger partial charge is 0.481 e. The first-order valence-corrected chi connectivity index (χ1v) is 7.90. The molecule has 0 aliphatic heterocycles. The van der Waals surface area contributed by atoms with Gasteiger partial charge in [0.1, 0.15) is 0 Å². The van der Waals surface area contributed by atoms with Crippen LogP contribution in [0.25, 0.3) is 0 Å². The maximum Gasteiger partial charge on any atom is 0.303 e. The van der Waals surface area contributed by atoms with E-state index in [9.17, 15) is 9.59 Å². The Hall–Kier alpha value is -1.84. The third-order valence-electron chi connectivity index (χ3n) is 3.86. The summed E-state index contributed by atoms with van der Waals surface area (Å²) in [6.45, 7) is 8.18. The van der Waals surface area contributed by atoms with Crippen molar-refractivity contribution >= 4 is 11.9 Å². The van der Waals surface area contributed by atoms with Crippen LogP contribution >= 0.6 is 0 Å². The number of carboxylic acids is 1. The van der Waals surface area contributed by atoms with E-state index in [4.69, 9.17) is 5.11 Å². The van der Waals surface area contributed by atoms with Gasteiger partial charge in [-0.3, -0.25) is 9.59 Å². The van der Waals surface area contributed by atoms with E-state index in [2.05, 4.69) is 43.4 Å². The number of aliphatic carboxylic acids is 1. The van der Waals surface area contributed by atoms with Crippen molar-refractivity contribution < 1.29 is 14.7 Å². The number of nitrogens with one attached hydrogen (secondary N) is 1. The van der Waals surface area contributed by atoms with Crippen LogP contribution in [0, 0.1) is 0 Å². The number of carbonyl (C=O) groups is 2. The number of amides is 1. The maximum absolute atomic E-state index is 12.0. The van der Waals surface area contributed by atoms with Crippen molar-refractivity contribution in [1.29, 1.82) is 0 Å². The molecule has 1 aromatic carbocycles. The first kappa shape index (κ1) is 18.2. The molecule has 1 rings (SSSR count). The highest BCUT2D eigenvalue weighted by Gasteiger charge is 2.14. The van der Waals surface area contributed by atoms with E-state index in [1.807, 2.05) is 13.8 Å². The molecule has 0 spiro atoms. The molecule has 0 heterocycles. The van der Waals surface area contributed by atoms with Crippen molar-refractivity contribution in [2.24, 2.45) is 0 Å². The van der Waals surface area contributed by atoms with Gasteiger partial charge < -0.3 is 10.4 Å². The number of carboxylic acid groups (broad SMARTS) is 1. The molecule has 4 nitrogen and oxygen atoms in total. The summed E-state index contributed by atoms with van der Waals surface area (Å²) in [5.41, 5.74) is 2.44. The lowest BCUT2D eigenvalue weighted by molar-refractivity contribution is -0.137. The number of hydrogen-bond acceptors (Lipinski definition) is 2. The summed E-state index contributed by atoms with van der Waals surface area (Å²) < 4.78 is 0. The fourth-order valence-electron chi connectivity index (χ4n) is 2.35. The third kappa shape index (κ3) is 6.29. The highest BCUT2D eigenvalue weighted by Crippen LogP contribution is 2.22. The number of hydrogen-bond donors (Lipinski definition) is 2. The zero-order valence-corrected chi connectivity index (χ0v) is 13.9. The minimum atomic E-state index is -0.834. The molecule has 0 aliphatic carbocycles. The van der Waals surface area contributed by atoms with Crippen LogP contribution in [0.15, 0.2) is 24.3 Å². The van der Waals surface area contributed by atoms with E-state index < -0.39 is 5.97 Å². The Kier molecular flexibility index (Phi) is 7.09. The van der Waals surface area contributed by atoms with Gasteiger partial charge in [0.15, 0.2) is 0 Å². The predicted octanol–water partition coefficient (Wildman–Crippen LogP) is 3.67. The van der Waals surface area contributed by atoms with E-state index in [1.54, 1.807) is 0 Å². The van der Waals surface area contributed by atoms with Crippen molar-refractivity contribution in [1.82, 2.24) is 5.32 Å². The Labute approximate surface area is 132 Å². The minimum absolute atomic E-state index is 0.0293. The van der Waals surface area contributed by atoms with E-state index >= 15 is 0 Å². The highest BCUT2D eigenvalue weighted by atomic mass is 16.4. The summed E-state index contributed by atoms with van der Waals surface area (Å²) in [6.07, 6.45) is 0.949. The first-order valence-electron chi connectivity index (χ1n) is 7.90. The van der Waals surface area contributed by atoms with E-state index in [0.717, 1.165) is 5.56 Å². The summed E-state index contributed by atoms with van der Waals surface area (Å²) in [4.78, 5) is 22.5. The van der Waals surface area contributed by atoms with Crippen molar-refractivity contribution in [2.45, 2.75) is 64.8 Å². The molecule has 0 radical (unpaired) electrons. The van der Waals surface area contributed by atoms with E-state index in [1.165, 1.54) is 5.56 Å². The topological polar surface area (TPSA) is 66.4 Å². The molecule has 0 aliphatic rings. The quantitative estimate of drug-likeness (QED) is 0.770. The van der Waals surface area contributed by atoms with E-state index in [-0.39, 0.29) is 24.3 Å². The molecule has 4 heteroatoms. The van der Waals surface area contributed by atoms with Gasteiger partial charge in [0, 0.05) is 18.9 Å². The Morgan fingerprint density at radius 1 is 1.05 bits per heavy atom. The van der Waals surface area contributed by atoms with Crippen LogP contribution in [0.2, 0.25) is 0 Å². The van der Waals surface area contributed by atoms with Gasteiger partial charge >= 0.3 is 5.97 Å². The standard InChI is InChI=1S/C18H27NO3/c1-12(2)15-6-8-16(9-7-15)13(3)11-17(20)19-14(4)5-10-18(21)22/h6-9,12-14H,5,10-11H2,1-4H3,(H,19,20)(H,21,22). The predicted molar refractivity (Wildman–Crippen MR) is 88.0 cm³/mol. The molecule has 0 aromatic heterocycles. The van der Waals surface area contributed by atoms with Crippen LogP contribution in [0.1, 0.15) is 69.9 Å². The molecule has 1 aromatic rings.